The highest BCUT2D eigenvalue weighted by molar-refractivity contribution is 7.55. The van der Waals surface area contributed by atoms with E-state index in [1.54, 1.807) is 45.0 Å². The summed E-state index contributed by atoms with van der Waals surface area (Å²) < 4.78 is 28.3. The summed E-state index contributed by atoms with van der Waals surface area (Å²) in [7, 11) is -3.71. The molecule has 1 aromatic carbocycles. The average molecular weight is 350 g/mol. The molecule has 0 amide bonds. The summed E-state index contributed by atoms with van der Waals surface area (Å²) in [5, 5.41) is 3.41. The number of nitrogens with one attached hydrogen (secondary N) is 1. The van der Waals surface area contributed by atoms with E-state index in [0.717, 1.165) is 0 Å². The first-order valence-electron chi connectivity index (χ1n) is 7.04. The molecule has 1 atom stereocenters. The number of halogens is 1. The van der Waals surface area contributed by atoms with E-state index in [0.29, 0.717) is 10.7 Å². The monoisotopic (exact) mass is 349 g/mol. The van der Waals surface area contributed by atoms with Gasteiger partial charge in [0.05, 0.1) is 19.8 Å². The SMILES string of the molecule is CCOC(=O)C(Nc1ccc(Cl)cc1)P(=O)(OCC)OCC. The van der Waals surface area contributed by atoms with Crippen LogP contribution < -0.4 is 5.32 Å². The predicted octanol–water partition coefficient (Wildman–Crippen LogP) is 3.91. The lowest BCUT2D eigenvalue weighted by Crippen LogP contribution is -2.33. The average Bonchev–Trinajstić information content (AvgIpc) is 2.47. The van der Waals surface area contributed by atoms with Gasteiger partial charge >= 0.3 is 13.6 Å². The number of hydrogen-bond acceptors (Lipinski definition) is 6. The molecule has 0 spiro atoms. The fourth-order valence-corrected chi connectivity index (χ4v) is 3.60. The van der Waals surface area contributed by atoms with Gasteiger partial charge in [0, 0.05) is 10.7 Å². The lowest BCUT2D eigenvalue weighted by atomic mass is 10.3. The van der Waals surface area contributed by atoms with Crippen molar-refractivity contribution < 1.29 is 23.1 Å². The van der Waals surface area contributed by atoms with Crippen molar-refractivity contribution in [3.8, 4) is 0 Å². The number of anilines is 1. The van der Waals surface area contributed by atoms with Crippen molar-refractivity contribution in [3.05, 3.63) is 29.3 Å². The van der Waals surface area contributed by atoms with Crippen molar-refractivity contribution in [2.75, 3.05) is 25.1 Å². The Bertz CT molecular complexity index is 512. The summed E-state index contributed by atoms with van der Waals surface area (Å²) in [5.41, 5.74) is 0.557. The molecule has 0 aliphatic carbocycles. The summed E-state index contributed by atoms with van der Waals surface area (Å²) in [6.07, 6.45) is 0. The highest BCUT2D eigenvalue weighted by Crippen LogP contribution is 2.53. The van der Waals surface area contributed by atoms with Gasteiger partial charge < -0.3 is 19.1 Å². The van der Waals surface area contributed by atoms with Gasteiger partial charge in [-0.1, -0.05) is 11.6 Å². The van der Waals surface area contributed by atoms with Crippen LogP contribution in [0.1, 0.15) is 20.8 Å². The molecular weight excluding hydrogens is 329 g/mol. The van der Waals surface area contributed by atoms with E-state index in [2.05, 4.69) is 5.32 Å². The van der Waals surface area contributed by atoms with Gasteiger partial charge in [-0.05, 0) is 45.0 Å². The van der Waals surface area contributed by atoms with Crippen molar-refractivity contribution in [3.63, 3.8) is 0 Å². The molecule has 1 rings (SSSR count). The zero-order valence-electron chi connectivity index (χ0n) is 12.9. The highest BCUT2D eigenvalue weighted by atomic mass is 35.5. The van der Waals surface area contributed by atoms with Gasteiger partial charge in [0.1, 0.15) is 0 Å². The molecule has 1 aromatic rings. The van der Waals surface area contributed by atoms with Crippen LogP contribution in [-0.4, -0.2) is 31.6 Å². The van der Waals surface area contributed by atoms with Crippen LogP contribution in [0.3, 0.4) is 0 Å². The number of esters is 1. The second kappa shape index (κ2) is 9.16. The Kier molecular flexibility index (Phi) is 7.90. The van der Waals surface area contributed by atoms with Crippen molar-refractivity contribution in [2.45, 2.75) is 26.6 Å². The van der Waals surface area contributed by atoms with Gasteiger partial charge in [0.25, 0.3) is 0 Å². The minimum Gasteiger partial charge on any atom is -0.464 e. The summed E-state index contributed by atoms with van der Waals surface area (Å²) in [6, 6.07) is 6.63. The standard InChI is InChI=1S/C14H21ClNO5P/c1-4-19-14(17)13(22(18,20-5-2)21-6-3)16-12-9-7-11(15)8-10-12/h7-10,13,16H,4-6H2,1-3H3. The van der Waals surface area contributed by atoms with E-state index in [1.807, 2.05) is 0 Å². The smallest absolute Gasteiger partial charge is 0.364 e. The quantitative estimate of drug-likeness (QED) is 0.538. The number of hydrogen-bond donors (Lipinski definition) is 1. The molecule has 124 valence electrons. The molecule has 6 nitrogen and oxygen atoms in total. The zero-order chi connectivity index (χ0) is 16.6. The van der Waals surface area contributed by atoms with Gasteiger partial charge in [0.2, 0.25) is 5.78 Å². The van der Waals surface area contributed by atoms with Crippen molar-refractivity contribution in [2.24, 2.45) is 0 Å². The van der Waals surface area contributed by atoms with E-state index in [4.69, 9.17) is 25.4 Å². The van der Waals surface area contributed by atoms with Crippen LogP contribution in [0.15, 0.2) is 24.3 Å². The maximum atomic E-state index is 12.9. The summed E-state index contributed by atoms with van der Waals surface area (Å²) in [5.74, 6) is -1.93. The van der Waals surface area contributed by atoms with Gasteiger partial charge in [0.15, 0.2) is 0 Å². The first-order valence-corrected chi connectivity index (χ1v) is 9.03. The minimum absolute atomic E-state index is 0.148. The van der Waals surface area contributed by atoms with E-state index in [-0.39, 0.29) is 19.8 Å². The number of rotatable bonds is 9. The summed E-state index contributed by atoms with van der Waals surface area (Å²) in [6.45, 7) is 5.48. The zero-order valence-corrected chi connectivity index (χ0v) is 14.5. The Labute approximate surface area is 135 Å². The van der Waals surface area contributed by atoms with Crippen LogP contribution in [0.25, 0.3) is 0 Å². The van der Waals surface area contributed by atoms with Crippen LogP contribution in [0.5, 0.6) is 0 Å². The molecule has 0 fully saturated rings. The summed E-state index contributed by atoms with van der Waals surface area (Å²) >= 11 is 5.83. The second-order valence-corrected chi connectivity index (χ2v) is 6.73. The number of benzene rings is 1. The number of carbonyl (C=O) groups is 1. The second-order valence-electron chi connectivity index (χ2n) is 4.18. The van der Waals surface area contributed by atoms with Crippen molar-refractivity contribution >= 4 is 30.9 Å². The molecular formula is C14H21ClNO5P. The number of ether oxygens (including phenoxy) is 1. The molecule has 0 aromatic heterocycles. The normalized spacial score (nSPS) is 12.7. The largest absolute Gasteiger partial charge is 0.464 e. The van der Waals surface area contributed by atoms with E-state index < -0.39 is 19.3 Å². The topological polar surface area (TPSA) is 73.9 Å². The molecule has 1 N–H and O–H groups in total. The van der Waals surface area contributed by atoms with Crippen LogP contribution >= 0.6 is 19.2 Å². The molecule has 0 saturated heterocycles. The first-order chi connectivity index (χ1) is 10.5. The fraction of sp³-hybridized carbons (Fsp3) is 0.500. The maximum absolute atomic E-state index is 12.9. The van der Waals surface area contributed by atoms with Gasteiger partial charge in [-0.3, -0.25) is 4.57 Å². The van der Waals surface area contributed by atoms with Crippen molar-refractivity contribution in [1.29, 1.82) is 0 Å². The van der Waals surface area contributed by atoms with Crippen LogP contribution in [0.4, 0.5) is 5.69 Å². The first kappa shape index (κ1) is 19.0. The highest BCUT2D eigenvalue weighted by Gasteiger charge is 2.42. The van der Waals surface area contributed by atoms with Crippen LogP contribution in [-0.2, 0) is 23.1 Å². The Morgan fingerprint density at radius 1 is 1.14 bits per heavy atom. The Morgan fingerprint density at radius 3 is 2.14 bits per heavy atom. The molecule has 0 heterocycles. The maximum Gasteiger partial charge on any atom is 0.364 e. The van der Waals surface area contributed by atoms with Gasteiger partial charge in [-0.25, -0.2) is 4.79 Å². The van der Waals surface area contributed by atoms with Crippen molar-refractivity contribution in [1.82, 2.24) is 0 Å². The van der Waals surface area contributed by atoms with E-state index in [1.165, 1.54) is 0 Å². The van der Waals surface area contributed by atoms with E-state index >= 15 is 0 Å². The lowest BCUT2D eigenvalue weighted by molar-refractivity contribution is -0.142. The Morgan fingerprint density at radius 2 is 1.68 bits per heavy atom. The molecule has 0 radical (unpaired) electrons. The van der Waals surface area contributed by atoms with Crippen LogP contribution in [0, 0.1) is 0 Å². The third kappa shape index (κ3) is 5.29. The van der Waals surface area contributed by atoms with Crippen LogP contribution in [0.2, 0.25) is 5.02 Å². The molecule has 1 unspecified atom stereocenters. The molecule has 0 aliphatic heterocycles. The van der Waals surface area contributed by atoms with E-state index in [9.17, 15) is 9.36 Å². The molecule has 22 heavy (non-hydrogen) atoms. The molecule has 0 aliphatic rings. The third-order valence-electron chi connectivity index (χ3n) is 2.59. The minimum atomic E-state index is -3.71. The van der Waals surface area contributed by atoms with Gasteiger partial charge in [-0.15, -0.1) is 0 Å². The van der Waals surface area contributed by atoms with Gasteiger partial charge in [-0.2, -0.15) is 0 Å². The molecule has 8 heteroatoms. The predicted molar refractivity (Wildman–Crippen MR) is 86.4 cm³/mol. The summed E-state index contributed by atoms with van der Waals surface area (Å²) in [4.78, 5) is 12.2. The molecule has 0 bridgehead atoms. The number of carbonyl (C=O) groups excluding carboxylic acids is 1. The lowest BCUT2D eigenvalue weighted by Gasteiger charge is -2.26. The Balaban J connectivity index is 3.07. The fourth-order valence-electron chi connectivity index (χ4n) is 1.74. The third-order valence-corrected chi connectivity index (χ3v) is 5.05. The molecule has 0 saturated carbocycles. The Hall–Kier alpha value is -1.07.